The summed E-state index contributed by atoms with van der Waals surface area (Å²) in [4.78, 5) is 14.2. The van der Waals surface area contributed by atoms with Gasteiger partial charge in [0.2, 0.25) is 5.91 Å². The van der Waals surface area contributed by atoms with Crippen molar-refractivity contribution in [3.63, 3.8) is 0 Å². The molecule has 5 heteroatoms. The van der Waals surface area contributed by atoms with Crippen molar-refractivity contribution in [1.29, 1.82) is 0 Å². The van der Waals surface area contributed by atoms with Crippen molar-refractivity contribution in [3.05, 3.63) is 35.6 Å². The Balaban J connectivity index is 2.79. The number of hydrogen-bond donors (Lipinski definition) is 1. The molecule has 1 aromatic carbocycles. The Morgan fingerprint density at radius 3 is 2.60 bits per heavy atom. The first-order chi connectivity index (χ1) is 9.40. The summed E-state index contributed by atoms with van der Waals surface area (Å²) >= 11 is 4.84. The van der Waals surface area contributed by atoms with E-state index < -0.39 is 0 Å². The van der Waals surface area contributed by atoms with E-state index in [0.717, 1.165) is 0 Å². The highest BCUT2D eigenvalue weighted by molar-refractivity contribution is 7.80. The van der Waals surface area contributed by atoms with Crippen LogP contribution in [0.2, 0.25) is 0 Å². The summed E-state index contributed by atoms with van der Waals surface area (Å²) in [6, 6.07) is 6.48. The van der Waals surface area contributed by atoms with Gasteiger partial charge in [-0.15, -0.1) is 0 Å². The van der Waals surface area contributed by atoms with Crippen molar-refractivity contribution in [3.8, 4) is 0 Å². The molecule has 1 rings (SSSR count). The van der Waals surface area contributed by atoms with Gasteiger partial charge < -0.3 is 10.6 Å². The molecule has 1 amide bonds. The number of amides is 1. The molecule has 110 valence electrons. The van der Waals surface area contributed by atoms with Crippen LogP contribution in [0.1, 0.15) is 32.3 Å². The Morgan fingerprint density at radius 1 is 1.40 bits per heavy atom. The minimum atomic E-state index is -0.301. The third-order valence-corrected chi connectivity index (χ3v) is 3.09. The molecule has 0 atom stereocenters. The molecule has 20 heavy (non-hydrogen) atoms. The van der Waals surface area contributed by atoms with Crippen molar-refractivity contribution in [1.82, 2.24) is 4.90 Å². The molecule has 0 radical (unpaired) electrons. The maximum atomic E-state index is 13.7. The molecular weight excluding hydrogens is 275 g/mol. The molecule has 1 aromatic rings. The van der Waals surface area contributed by atoms with Crippen LogP contribution in [0.15, 0.2) is 24.3 Å². The van der Waals surface area contributed by atoms with Gasteiger partial charge in [0.05, 0.1) is 4.99 Å². The summed E-state index contributed by atoms with van der Waals surface area (Å²) in [5, 5.41) is 0. The molecule has 0 unspecified atom stereocenters. The Morgan fingerprint density at radius 2 is 2.05 bits per heavy atom. The molecule has 0 bridgehead atoms. The third-order valence-electron chi connectivity index (χ3n) is 2.88. The van der Waals surface area contributed by atoms with Crippen LogP contribution >= 0.6 is 12.2 Å². The molecule has 0 saturated carbocycles. The first kappa shape index (κ1) is 16.6. The second-order valence-corrected chi connectivity index (χ2v) is 5.75. The van der Waals surface area contributed by atoms with Gasteiger partial charge in [-0.3, -0.25) is 4.79 Å². The number of halogens is 1. The SMILES string of the molecule is CC(C)CC(=O)N(CCC(N)=S)Cc1ccccc1F. The second-order valence-electron chi connectivity index (χ2n) is 5.22. The summed E-state index contributed by atoms with van der Waals surface area (Å²) in [6.07, 6.45) is 0.888. The lowest BCUT2D eigenvalue weighted by Crippen LogP contribution is -2.34. The van der Waals surface area contributed by atoms with Crippen LogP contribution in [-0.2, 0) is 11.3 Å². The van der Waals surface area contributed by atoms with Crippen LogP contribution < -0.4 is 5.73 Å². The molecule has 0 fully saturated rings. The molecule has 0 aromatic heterocycles. The zero-order valence-corrected chi connectivity index (χ0v) is 12.8. The quantitative estimate of drug-likeness (QED) is 0.787. The maximum Gasteiger partial charge on any atom is 0.223 e. The summed E-state index contributed by atoms with van der Waals surface area (Å²) in [5.74, 6) is -0.0416. The predicted molar refractivity (Wildman–Crippen MR) is 82.7 cm³/mol. The van der Waals surface area contributed by atoms with Gasteiger partial charge in [-0.05, 0) is 12.0 Å². The highest BCUT2D eigenvalue weighted by atomic mass is 32.1. The number of benzene rings is 1. The van der Waals surface area contributed by atoms with Crippen LogP contribution in [0.4, 0.5) is 4.39 Å². The fourth-order valence-electron chi connectivity index (χ4n) is 1.85. The first-order valence-corrected chi connectivity index (χ1v) is 7.10. The van der Waals surface area contributed by atoms with Gasteiger partial charge in [-0.25, -0.2) is 4.39 Å². The zero-order valence-electron chi connectivity index (χ0n) is 11.9. The van der Waals surface area contributed by atoms with Crippen molar-refractivity contribution in [2.75, 3.05) is 6.54 Å². The molecule has 2 N–H and O–H groups in total. The van der Waals surface area contributed by atoms with Crippen LogP contribution in [0, 0.1) is 11.7 Å². The van der Waals surface area contributed by atoms with Crippen molar-refractivity contribution in [2.45, 2.75) is 33.2 Å². The van der Waals surface area contributed by atoms with E-state index in [4.69, 9.17) is 18.0 Å². The van der Waals surface area contributed by atoms with Crippen LogP contribution in [0.3, 0.4) is 0 Å². The normalized spacial score (nSPS) is 10.6. The monoisotopic (exact) mass is 296 g/mol. The zero-order chi connectivity index (χ0) is 15.1. The third kappa shape index (κ3) is 5.65. The van der Waals surface area contributed by atoms with Gasteiger partial charge in [0.15, 0.2) is 0 Å². The van der Waals surface area contributed by atoms with E-state index >= 15 is 0 Å². The highest BCUT2D eigenvalue weighted by Gasteiger charge is 2.16. The minimum absolute atomic E-state index is 0.000460. The average molecular weight is 296 g/mol. The van der Waals surface area contributed by atoms with Crippen molar-refractivity contribution in [2.24, 2.45) is 11.7 Å². The lowest BCUT2D eigenvalue weighted by Gasteiger charge is -2.24. The first-order valence-electron chi connectivity index (χ1n) is 6.69. The average Bonchev–Trinajstić information content (AvgIpc) is 2.35. The van der Waals surface area contributed by atoms with Gasteiger partial charge >= 0.3 is 0 Å². The Kier molecular flexibility index (Phi) is 6.58. The molecule has 0 heterocycles. The van der Waals surface area contributed by atoms with Crippen molar-refractivity contribution >= 4 is 23.1 Å². The molecular formula is C15H21FN2OS. The highest BCUT2D eigenvalue weighted by Crippen LogP contribution is 2.13. The number of nitrogens with two attached hydrogens (primary N) is 1. The van der Waals surface area contributed by atoms with E-state index in [1.807, 2.05) is 13.8 Å². The van der Waals surface area contributed by atoms with Gasteiger partial charge in [0.25, 0.3) is 0 Å². The summed E-state index contributed by atoms with van der Waals surface area (Å²) in [7, 11) is 0. The lowest BCUT2D eigenvalue weighted by atomic mass is 10.1. The largest absolute Gasteiger partial charge is 0.393 e. The van der Waals surface area contributed by atoms with Crippen LogP contribution in [0.25, 0.3) is 0 Å². The van der Waals surface area contributed by atoms with E-state index in [9.17, 15) is 9.18 Å². The van der Waals surface area contributed by atoms with Gasteiger partial charge in [0, 0.05) is 31.5 Å². The van der Waals surface area contributed by atoms with Crippen LogP contribution in [-0.4, -0.2) is 22.3 Å². The van der Waals surface area contributed by atoms with Crippen molar-refractivity contribution < 1.29 is 9.18 Å². The Hall–Kier alpha value is -1.49. The van der Waals surface area contributed by atoms with E-state index in [0.29, 0.717) is 29.9 Å². The predicted octanol–water partition coefficient (Wildman–Crippen LogP) is 2.88. The van der Waals surface area contributed by atoms with E-state index in [1.165, 1.54) is 6.07 Å². The molecule has 0 saturated heterocycles. The number of carbonyl (C=O) groups excluding carboxylic acids is 1. The van der Waals surface area contributed by atoms with Crippen LogP contribution in [0.5, 0.6) is 0 Å². The number of nitrogens with zero attached hydrogens (tertiary/aromatic N) is 1. The molecule has 0 spiro atoms. The smallest absolute Gasteiger partial charge is 0.223 e. The number of carbonyl (C=O) groups is 1. The fraction of sp³-hybridized carbons (Fsp3) is 0.467. The second kappa shape index (κ2) is 7.94. The summed E-state index contributed by atoms with van der Waals surface area (Å²) < 4.78 is 13.7. The Labute approximate surface area is 125 Å². The number of rotatable bonds is 7. The topological polar surface area (TPSA) is 46.3 Å². The summed E-state index contributed by atoms with van der Waals surface area (Å²) in [6.45, 7) is 4.63. The van der Waals surface area contributed by atoms with E-state index in [-0.39, 0.29) is 24.2 Å². The fourth-order valence-corrected chi connectivity index (χ4v) is 1.94. The molecule has 0 aliphatic heterocycles. The summed E-state index contributed by atoms with van der Waals surface area (Å²) in [5.41, 5.74) is 5.99. The van der Waals surface area contributed by atoms with Gasteiger partial charge in [0.1, 0.15) is 5.82 Å². The van der Waals surface area contributed by atoms with E-state index in [1.54, 1.807) is 23.1 Å². The Bertz CT molecular complexity index is 477. The number of hydrogen-bond acceptors (Lipinski definition) is 2. The van der Waals surface area contributed by atoms with Gasteiger partial charge in [-0.1, -0.05) is 44.3 Å². The molecule has 3 nitrogen and oxygen atoms in total. The maximum absolute atomic E-state index is 13.7. The van der Waals surface area contributed by atoms with E-state index in [2.05, 4.69) is 0 Å². The standard InChI is InChI=1S/C15H21FN2OS/c1-11(2)9-15(19)18(8-7-14(17)20)10-12-5-3-4-6-13(12)16/h3-6,11H,7-10H2,1-2H3,(H2,17,20). The number of thiocarbonyl (C=S) groups is 1. The minimum Gasteiger partial charge on any atom is -0.393 e. The van der Waals surface area contributed by atoms with Gasteiger partial charge in [-0.2, -0.15) is 0 Å². The molecule has 0 aliphatic carbocycles. The lowest BCUT2D eigenvalue weighted by molar-refractivity contribution is -0.132. The molecule has 0 aliphatic rings.